The maximum atomic E-state index is 15.1. The van der Waals surface area contributed by atoms with Gasteiger partial charge in [-0.3, -0.25) is 0 Å². The minimum Gasteiger partial charge on any atom is -0.494 e. The van der Waals surface area contributed by atoms with Gasteiger partial charge in [0.2, 0.25) is 0 Å². The molecule has 0 aliphatic rings. The summed E-state index contributed by atoms with van der Waals surface area (Å²) in [5.74, 6) is -0.389. The zero-order valence-corrected chi connectivity index (χ0v) is 20.2. The van der Waals surface area contributed by atoms with Crippen molar-refractivity contribution in [2.75, 3.05) is 25.7 Å². The van der Waals surface area contributed by atoms with Gasteiger partial charge in [0.1, 0.15) is 23.1 Å². The lowest BCUT2D eigenvalue weighted by molar-refractivity contribution is -0.149. The summed E-state index contributed by atoms with van der Waals surface area (Å²) in [5, 5.41) is 0. The lowest BCUT2D eigenvalue weighted by Gasteiger charge is -2.27. The fourth-order valence-electron chi connectivity index (χ4n) is 3.88. The summed E-state index contributed by atoms with van der Waals surface area (Å²) in [6.45, 7) is 6.81. The van der Waals surface area contributed by atoms with Crippen LogP contribution in [0.5, 0.6) is 11.5 Å². The number of anilines is 2. The number of rotatable bonds is 8. The number of carbonyl (C=O) groups is 1. The monoisotopic (exact) mass is 469 g/mol. The molecule has 0 fully saturated rings. The molecule has 180 valence electrons. The van der Waals surface area contributed by atoms with Crippen LogP contribution in [0.4, 0.5) is 20.2 Å². The number of hydrogen-bond acceptors (Lipinski definition) is 5. The van der Waals surface area contributed by atoms with Crippen molar-refractivity contribution in [1.82, 2.24) is 0 Å². The van der Waals surface area contributed by atoms with E-state index in [0.717, 1.165) is 11.1 Å². The van der Waals surface area contributed by atoms with Gasteiger partial charge >= 0.3 is 5.97 Å². The van der Waals surface area contributed by atoms with Crippen LogP contribution >= 0.6 is 0 Å². The van der Waals surface area contributed by atoms with E-state index in [0.29, 0.717) is 28.3 Å². The third-order valence-corrected chi connectivity index (χ3v) is 5.36. The third kappa shape index (κ3) is 5.47. The largest absolute Gasteiger partial charge is 0.494 e. The molecule has 0 unspecified atom stereocenters. The molecular formula is C27H29F2NO4. The third-order valence-electron chi connectivity index (χ3n) is 5.36. The molecular weight excluding hydrogens is 440 g/mol. The predicted octanol–water partition coefficient (Wildman–Crippen LogP) is 6.36. The fourth-order valence-corrected chi connectivity index (χ4v) is 3.88. The van der Waals surface area contributed by atoms with Gasteiger partial charge in [-0.1, -0.05) is 12.1 Å². The van der Waals surface area contributed by atoms with E-state index >= 15 is 4.39 Å². The Hall–Kier alpha value is -3.61. The number of carbonyl (C=O) groups excluding carboxylic acids is 1. The molecule has 0 N–H and O–H groups in total. The Labute approximate surface area is 198 Å². The first-order valence-corrected chi connectivity index (χ1v) is 10.9. The van der Waals surface area contributed by atoms with Crippen LogP contribution in [-0.4, -0.2) is 32.8 Å². The van der Waals surface area contributed by atoms with Gasteiger partial charge < -0.3 is 19.1 Å². The molecule has 0 radical (unpaired) electrons. The lowest BCUT2D eigenvalue weighted by Crippen LogP contribution is -2.20. The highest BCUT2D eigenvalue weighted by Gasteiger charge is 2.21. The van der Waals surface area contributed by atoms with E-state index in [-0.39, 0.29) is 24.2 Å². The minimum absolute atomic E-state index is 0.256. The van der Waals surface area contributed by atoms with E-state index in [1.807, 2.05) is 25.1 Å². The van der Waals surface area contributed by atoms with E-state index in [2.05, 4.69) is 0 Å². The zero-order chi connectivity index (χ0) is 25.0. The van der Waals surface area contributed by atoms with Gasteiger partial charge in [-0.15, -0.1) is 0 Å². The van der Waals surface area contributed by atoms with Gasteiger partial charge in [0, 0.05) is 12.6 Å². The Morgan fingerprint density at radius 1 is 1.03 bits per heavy atom. The van der Waals surface area contributed by atoms with Gasteiger partial charge in [-0.05, 0) is 80.8 Å². The highest BCUT2D eigenvalue weighted by atomic mass is 19.1. The van der Waals surface area contributed by atoms with Gasteiger partial charge in [-0.2, -0.15) is 0 Å². The Morgan fingerprint density at radius 2 is 1.76 bits per heavy atom. The number of aryl methyl sites for hydroxylation is 1. The number of esters is 1. The number of ether oxygens (including phenoxy) is 3. The molecule has 0 amide bonds. The van der Waals surface area contributed by atoms with Crippen molar-refractivity contribution >= 4 is 17.3 Å². The van der Waals surface area contributed by atoms with Crippen LogP contribution in [0.3, 0.4) is 0 Å². The summed E-state index contributed by atoms with van der Waals surface area (Å²) in [6, 6.07) is 12.8. The van der Waals surface area contributed by atoms with Crippen molar-refractivity contribution in [2.24, 2.45) is 0 Å². The lowest BCUT2D eigenvalue weighted by atomic mass is 10.0. The molecule has 7 heteroatoms. The van der Waals surface area contributed by atoms with Gasteiger partial charge in [-0.25, -0.2) is 13.6 Å². The number of hydrogen-bond donors (Lipinski definition) is 0. The number of methoxy groups -OCH3 is 1. The van der Waals surface area contributed by atoms with E-state index in [4.69, 9.17) is 14.2 Å². The SMILES string of the molecule is COc1c(C)cc(-c2cccc(F)c2)cc1N(C)c1c(F)ccc(OCC(=O)OC(C)C)c1C. The molecule has 5 nitrogen and oxygen atoms in total. The molecule has 0 aliphatic carbocycles. The topological polar surface area (TPSA) is 48.0 Å². The second-order valence-electron chi connectivity index (χ2n) is 8.26. The number of benzene rings is 3. The smallest absolute Gasteiger partial charge is 0.344 e. The predicted molar refractivity (Wildman–Crippen MR) is 129 cm³/mol. The van der Waals surface area contributed by atoms with Crippen molar-refractivity contribution in [3.8, 4) is 22.6 Å². The molecule has 0 bridgehead atoms. The standard InChI is InChI=1S/C27H29F2NO4/c1-16(2)34-25(31)15-33-24-11-10-22(29)26(18(24)4)30(5)23-14-20(12-17(3)27(23)32-6)19-8-7-9-21(28)13-19/h7-14,16H,15H2,1-6H3. The molecule has 0 heterocycles. The van der Waals surface area contributed by atoms with Crippen molar-refractivity contribution in [3.63, 3.8) is 0 Å². The summed E-state index contributed by atoms with van der Waals surface area (Å²) in [7, 11) is 3.26. The second-order valence-corrected chi connectivity index (χ2v) is 8.26. The van der Waals surface area contributed by atoms with E-state index in [1.165, 1.54) is 24.3 Å². The van der Waals surface area contributed by atoms with Crippen LogP contribution in [0.2, 0.25) is 0 Å². The van der Waals surface area contributed by atoms with Crippen LogP contribution in [0.25, 0.3) is 11.1 Å². The Balaban J connectivity index is 2.03. The summed E-state index contributed by atoms with van der Waals surface area (Å²) in [6.07, 6.45) is -0.256. The fraction of sp³-hybridized carbons (Fsp3) is 0.296. The van der Waals surface area contributed by atoms with Gasteiger partial charge in [0.15, 0.2) is 6.61 Å². The normalized spacial score (nSPS) is 10.9. The number of nitrogens with zero attached hydrogens (tertiary/aromatic N) is 1. The molecule has 0 spiro atoms. The molecule has 0 aliphatic heterocycles. The molecule has 3 aromatic rings. The first-order chi connectivity index (χ1) is 16.1. The Morgan fingerprint density at radius 3 is 2.41 bits per heavy atom. The molecule has 0 saturated heterocycles. The first-order valence-electron chi connectivity index (χ1n) is 10.9. The summed E-state index contributed by atoms with van der Waals surface area (Å²) in [4.78, 5) is 13.6. The van der Waals surface area contributed by atoms with E-state index < -0.39 is 11.8 Å². The highest BCUT2D eigenvalue weighted by Crippen LogP contribution is 2.42. The maximum absolute atomic E-state index is 15.1. The van der Waals surface area contributed by atoms with Crippen molar-refractivity contribution in [2.45, 2.75) is 33.8 Å². The van der Waals surface area contributed by atoms with Gasteiger partial charge in [0.05, 0.1) is 24.6 Å². The molecule has 3 aromatic carbocycles. The highest BCUT2D eigenvalue weighted by molar-refractivity contribution is 5.80. The zero-order valence-electron chi connectivity index (χ0n) is 20.2. The van der Waals surface area contributed by atoms with Crippen molar-refractivity contribution < 1.29 is 27.8 Å². The molecule has 34 heavy (non-hydrogen) atoms. The van der Waals surface area contributed by atoms with Gasteiger partial charge in [0.25, 0.3) is 0 Å². The Kier molecular flexibility index (Phi) is 7.76. The molecule has 0 saturated carbocycles. The second kappa shape index (κ2) is 10.5. The number of halogens is 2. The van der Waals surface area contributed by atoms with E-state index in [1.54, 1.807) is 45.9 Å². The summed E-state index contributed by atoms with van der Waals surface area (Å²) >= 11 is 0. The summed E-state index contributed by atoms with van der Waals surface area (Å²) < 4.78 is 45.3. The maximum Gasteiger partial charge on any atom is 0.344 e. The van der Waals surface area contributed by atoms with Crippen LogP contribution in [0, 0.1) is 25.5 Å². The van der Waals surface area contributed by atoms with Crippen LogP contribution in [0.1, 0.15) is 25.0 Å². The average Bonchev–Trinajstić information content (AvgIpc) is 2.77. The van der Waals surface area contributed by atoms with Crippen molar-refractivity contribution in [1.29, 1.82) is 0 Å². The molecule has 3 rings (SSSR count). The quantitative estimate of drug-likeness (QED) is 0.360. The van der Waals surface area contributed by atoms with Crippen LogP contribution in [0.15, 0.2) is 48.5 Å². The van der Waals surface area contributed by atoms with Crippen LogP contribution in [-0.2, 0) is 9.53 Å². The van der Waals surface area contributed by atoms with Crippen LogP contribution < -0.4 is 14.4 Å². The van der Waals surface area contributed by atoms with Crippen molar-refractivity contribution in [3.05, 3.63) is 71.3 Å². The molecule has 0 atom stereocenters. The first kappa shape index (κ1) is 25.0. The summed E-state index contributed by atoms with van der Waals surface area (Å²) in [5.41, 5.74) is 3.65. The Bertz CT molecular complexity index is 1190. The average molecular weight is 470 g/mol. The molecule has 0 aromatic heterocycles. The minimum atomic E-state index is -0.506. The van der Waals surface area contributed by atoms with E-state index in [9.17, 15) is 9.18 Å².